The third-order valence-corrected chi connectivity index (χ3v) is 3.80. The Balaban J connectivity index is 1.88. The van der Waals surface area contributed by atoms with Crippen LogP contribution in [-0.2, 0) is 4.79 Å². The molecule has 1 aromatic rings. The number of hydrogen-bond donors (Lipinski definition) is 0. The van der Waals surface area contributed by atoms with Crippen molar-refractivity contribution in [2.75, 3.05) is 19.7 Å². The Bertz CT molecular complexity index is 503. The van der Waals surface area contributed by atoms with Gasteiger partial charge in [0.15, 0.2) is 6.61 Å². The Hall–Kier alpha value is -2.02. The molecule has 1 aliphatic carbocycles. The lowest BCUT2D eigenvalue weighted by Crippen LogP contribution is -2.39. The van der Waals surface area contributed by atoms with Crippen molar-refractivity contribution >= 4 is 5.91 Å². The van der Waals surface area contributed by atoms with Crippen LogP contribution in [0.2, 0.25) is 0 Å². The molecule has 1 fully saturated rings. The lowest BCUT2D eigenvalue weighted by Gasteiger charge is -2.31. The molecule has 1 aliphatic rings. The normalized spacial score (nSPS) is 14.2. The Morgan fingerprint density at radius 3 is 2.80 bits per heavy atom. The molecule has 1 aromatic carbocycles. The number of benzene rings is 1. The predicted molar refractivity (Wildman–Crippen MR) is 76.2 cm³/mol. The second-order valence-corrected chi connectivity index (χ2v) is 5.13. The van der Waals surface area contributed by atoms with Crippen LogP contribution in [0, 0.1) is 17.2 Å². The molecule has 0 spiro atoms. The van der Waals surface area contributed by atoms with Crippen LogP contribution in [0.5, 0.6) is 5.75 Å². The van der Waals surface area contributed by atoms with E-state index in [4.69, 9.17) is 10.00 Å². The minimum atomic E-state index is -0.00728. The number of carbonyl (C=O) groups excluding carboxylic acids is 1. The summed E-state index contributed by atoms with van der Waals surface area (Å²) in [5, 5.41) is 8.97. The van der Waals surface area contributed by atoms with E-state index in [0.717, 1.165) is 6.54 Å². The van der Waals surface area contributed by atoms with Crippen LogP contribution < -0.4 is 4.74 Å². The number of rotatable bonds is 6. The molecule has 0 heterocycles. The molecule has 1 amide bonds. The lowest BCUT2D eigenvalue weighted by molar-refractivity contribution is -0.134. The smallest absolute Gasteiger partial charge is 0.260 e. The van der Waals surface area contributed by atoms with Crippen LogP contribution in [0.3, 0.4) is 0 Å². The zero-order valence-electron chi connectivity index (χ0n) is 11.8. The van der Waals surface area contributed by atoms with Gasteiger partial charge in [-0.15, -0.1) is 0 Å². The van der Waals surface area contributed by atoms with E-state index in [1.165, 1.54) is 19.3 Å². The summed E-state index contributed by atoms with van der Waals surface area (Å²) in [7, 11) is 0. The number of amides is 1. The van der Waals surface area contributed by atoms with E-state index in [2.05, 4.69) is 6.07 Å². The molecule has 2 rings (SSSR count). The maximum absolute atomic E-state index is 12.1. The van der Waals surface area contributed by atoms with E-state index in [1.54, 1.807) is 24.3 Å². The summed E-state index contributed by atoms with van der Waals surface area (Å²) in [6.07, 6.45) is 3.73. The number of para-hydroxylation sites is 1. The van der Waals surface area contributed by atoms with Crippen LogP contribution in [0.4, 0.5) is 0 Å². The number of hydrogen-bond acceptors (Lipinski definition) is 3. The van der Waals surface area contributed by atoms with Crippen molar-refractivity contribution in [3.8, 4) is 11.8 Å². The first-order chi connectivity index (χ1) is 9.74. The maximum Gasteiger partial charge on any atom is 0.260 e. The molecule has 0 atom stereocenters. The number of nitriles is 1. The van der Waals surface area contributed by atoms with E-state index >= 15 is 0 Å². The van der Waals surface area contributed by atoms with Gasteiger partial charge in [0, 0.05) is 13.1 Å². The van der Waals surface area contributed by atoms with Gasteiger partial charge in [-0.1, -0.05) is 18.6 Å². The maximum atomic E-state index is 12.1. The predicted octanol–water partition coefficient (Wildman–Crippen LogP) is 2.59. The summed E-state index contributed by atoms with van der Waals surface area (Å²) >= 11 is 0. The van der Waals surface area contributed by atoms with Crippen LogP contribution in [-0.4, -0.2) is 30.5 Å². The quantitative estimate of drug-likeness (QED) is 0.799. The first-order valence-electron chi connectivity index (χ1n) is 7.14. The average molecular weight is 272 g/mol. The zero-order valence-corrected chi connectivity index (χ0v) is 11.8. The van der Waals surface area contributed by atoms with Gasteiger partial charge in [0.2, 0.25) is 0 Å². The molecule has 0 aliphatic heterocycles. The number of likely N-dealkylation sites (N-methyl/N-ethyl adjacent to an activating group) is 1. The van der Waals surface area contributed by atoms with Gasteiger partial charge in [-0.05, 0) is 37.8 Å². The van der Waals surface area contributed by atoms with E-state index in [-0.39, 0.29) is 12.5 Å². The highest BCUT2D eigenvalue weighted by Gasteiger charge is 2.23. The molecule has 1 saturated carbocycles. The minimum Gasteiger partial charge on any atom is -0.482 e. The van der Waals surface area contributed by atoms with Gasteiger partial charge in [0.05, 0.1) is 5.56 Å². The molecule has 0 radical (unpaired) electrons. The Labute approximate surface area is 120 Å². The van der Waals surface area contributed by atoms with Gasteiger partial charge in [0.25, 0.3) is 5.91 Å². The second kappa shape index (κ2) is 6.95. The Morgan fingerprint density at radius 1 is 1.45 bits per heavy atom. The van der Waals surface area contributed by atoms with Gasteiger partial charge in [-0.25, -0.2) is 0 Å². The summed E-state index contributed by atoms with van der Waals surface area (Å²) in [6, 6.07) is 9.04. The third kappa shape index (κ3) is 3.51. The SMILES string of the molecule is CCN(CC1CCC1)C(=O)COc1ccccc1C#N. The highest BCUT2D eigenvalue weighted by atomic mass is 16.5. The lowest BCUT2D eigenvalue weighted by atomic mass is 9.85. The average Bonchev–Trinajstić information content (AvgIpc) is 2.44. The summed E-state index contributed by atoms with van der Waals surface area (Å²) < 4.78 is 5.49. The zero-order chi connectivity index (χ0) is 14.4. The van der Waals surface area contributed by atoms with Crippen molar-refractivity contribution in [1.82, 2.24) is 4.90 Å². The van der Waals surface area contributed by atoms with Gasteiger partial charge >= 0.3 is 0 Å². The van der Waals surface area contributed by atoms with Crippen molar-refractivity contribution in [2.45, 2.75) is 26.2 Å². The molecule has 0 N–H and O–H groups in total. The van der Waals surface area contributed by atoms with Gasteiger partial charge in [0.1, 0.15) is 11.8 Å². The highest BCUT2D eigenvalue weighted by molar-refractivity contribution is 5.77. The third-order valence-electron chi connectivity index (χ3n) is 3.80. The van der Waals surface area contributed by atoms with Gasteiger partial charge in [-0.2, -0.15) is 5.26 Å². The fraction of sp³-hybridized carbons (Fsp3) is 0.500. The van der Waals surface area contributed by atoms with Gasteiger partial charge in [-0.3, -0.25) is 4.79 Å². The van der Waals surface area contributed by atoms with Crippen molar-refractivity contribution in [1.29, 1.82) is 5.26 Å². The number of carbonyl (C=O) groups is 1. The Kier molecular flexibility index (Phi) is 5.00. The van der Waals surface area contributed by atoms with E-state index < -0.39 is 0 Å². The number of ether oxygens (including phenoxy) is 1. The largest absolute Gasteiger partial charge is 0.482 e. The fourth-order valence-corrected chi connectivity index (χ4v) is 2.31. The first-order valence-corrected chi connectivity index (χ1v) is 7.14. The van der Waals surface area contributed by atoms with Crippen molar-refractivity contribution in [3.05, 3.63) is 29.8 Å². The number of nitrogens with zero attached hydrogens (tertiary/aromatic N) is 2. The molecule has 106 valence electrons. The summed E-state index contributed by atoms with van der Waals surface area (Å²) in [6.45, 7) is 3.52. The standard InChI is InChI=1S/C16H20N2O2/c1-2-18(11-13-6-5-7-13)16(19)12-20-15-9-4-3-8-14(15)10-17/h3-4,8-9,13H,2,5-7,11-12H2,1H3. The van der Waals surface area contributed by atoms with E-state index in [9.17, 15) is 4.79 Å². The molecule has 20 heavy (non-hydrogen) atoms. The summed E-state index contributed by atoms with van der Waals surface area (Å²) in [5.41, 5.74) is 0.461. The molecular formula is C16H20N2O2. The fourth-order valence-electron chi connectivity index (χ4n) is 2.31. The van der Waals surface area contributed by atoms with Crippen LogP contribution in [0.25, 0.3) is 0 Å². The van der Waals surface area contributed by atoms with Gasteiger partial charge < -0.3 is 9.64 Å². The molecule has 0 bridgehead atoms. The molecule has 0 saturated heterocycles. The van der Waals surface area contributed by atoms with E-state index in [0.29, 0.717) is 23.8 Å². The van der Waals surface area contributed by atoms with Crippen LogP contribution >= 0.6 is 0 Å². The summed E-state index contributed by atoms with van der Waals surface area (Å²) in [5.74, 6) is 1.13. The van der Waals surface area contributed by atoms with Crippen molar-refractivity contribution in [2.24, 2.45) is 5.92 Å². The van der Waals surface area contributed by atoms with Crippen molar-refractivity contribution < 1.29 is 9.53 Å². The Morgan fingerprint density at radius 2 is 2.20 bits per heavy atom. The van der Waals surface area contributed by atoms with Crippen molar-refractivity contribution in [3.63, 3.8) is 0 Å². The molecule has 0 unspecified atom stereocenters. The van der Waals surface area contributed by atoms with Crippen LogP contribution in [0.15, 0.2) is 24.3 Å². The minimum absolute atomic E-state index is 0.000741. The van der Waals surface area contributed by atoms with E-state index in [1.807, 2.05) is 11.8 Å². The molecule has 4 heteroatoms. The molecular weight excluding hydrogens is 252 g/mol. The second-order valence-electron chi connectivity index (χ2n) is 5.13. The summed E-state index contributed by atoms with van der Waals surface area (Å²) in [4.78, 5) is 14.0. The highest BCUT2D eigenvalue weighted by Crippen LogP contribution is 2.27. The first kappa shape index (κ1) is 14.4. The molecule has 4 nitrogen and oxygen atoms in total. The van der Waals surface area contributed by atoms with Crippen LogP contribution in [0.1, 0.15) is 31.7 Å². The topological polar surface area (TPSA) is 53.3 Å². The monoisotopic (exact) mass is 272 g/mol. The molecule has 0 aromatic heterocycles.